The summed E-state index contributed by atoms with van der Waals surface area (Å²) < 4.78 is 29.0. The molecule has 1 saturated heterocycles. The van der Waals surface area contributed by atoms with Crippen molar-refractivity contribution in [3.8, 4) is 0 Å². The average Bonchev–Trinajstić information content (AvgIpc) is 2.62. The van der Waals surface area contributed by atoms with E-state index in [9.17, 15) is 13.2 Å². The third-order valence-electron chi connectivity index (χ3n) is 4.80. The largest absolute Gasteiger partial charge is 0.384 e. The highest BCUT2D eigenvalue weighted by Crippen LogP contribution is 2.28. The lowest BCUT2D eigenvalue weighted by molar-refractivity contribution is -0.121. The SMILES string of the molecule is CCS(=O)(=O)c1ccc(CC(=O)NCC2(COC)CCNCC2)cc1.Cl. The number of sulfone groups is 1. The summed E-state index contributed by atoms with van der Waals surface area (Å²) in [5, 5.41) is 6.35. The van der Waals surface area contributed by atoms with Crippen LogP contribution in [0.2, 0.25) is 0 Å². The second-order valence-corrected chi connectivity index (χ2v) is 8.96. The maximum absolute atomic E-state index is 12.3. The van der Waals surface area contributed by atoms with Crippen molar-refractivity contribution >= 4 is 28.2 Å². The van der Waals surface area contributed by atoms with Gasteiger partial charge in [0, 0.05) is 19.1 Å². The maximum Gasteiger partial charge on any atom is 0.224 e. The fourth-order valence-electron chi connectivity index (χ4n) is 3.15. The van der Waals surface area contributed by atoms with E-state index in [-0.39, 0.29) is 35.9 Å². The van der Waals surface area contributed by atoms with Crippen LogP contribution in [0.4, 0.5) is 0 Å². The summed E-state index contributed by atoms with van der Waals surface area (Å²) in [6.45, 7) is 4.73. The van der Waals surface area contributed by atoms with E-state index in [1.165, 1.54) is 0 Å². The Labute approximate surface area is 162 Å². The molecule has 1 heterocycles. The number of hydrogen-bond donors (Lipinski definition) is 2. The highest BCUT2D eigenvalue weighted by atomic mass is 35.5. The number of carbonyl (C=O) groups excluding carboxylic acids is 1. The first kappa shape index (κ1) is 22.9. The summed E-state index contributed by atoms with van der Waals surface area (Å²) >= 11 is 0. The monoisotopic (exact) mass is 404 g/mol. The number of methoxy groups -OCH3 is 1. The van der Waals surface area contributed by atoms with Crippen LogP contribution in [0.5, 0.6) is 0 Å². The van der Waals surface area contributed by atoms with Gasteiger partial charge in [0.15, 0.2) is 9.84 Å². The quantitative estimate of drug-likeness (QED) is 0.687. The van der Waals surface area contributed by atoms with Gasteiger partial charge in [-0.05, 0) is 43.6 Å². The van der Waals surface area contributed by atoms with E-state index in [4.69, 9.17) is 4.74 Å². The lowest BCUT2D eigenvalue weighted by Crippen LogP contribution is -2.47. The lowest BCUT2D eigenvalue weighted by Gasteiger charge is -2.37. The zero-order valence-corrected chi connectivity index (χ0v) is 17.0. The molecular formula is C18H29ClN2O4S. The molecule has 6 nitrogen and oxygen atoms in total. The number of amides is 1. The zero-order valence-electron chi connectivity index (χ0n) is 15.4. The minimum atomic E-state index is -3.20. The van der Waals surface area contributed by atoms with Crippen molar-refractivity contribution in [2.45, 2.75) is 31.1 Å². The molecule has 0 atom stereocenters. The van der Waals surface area contributed by atoms with E-state index >= 15 is 0 Å². The Morgan fingerprint density at radius 2 is 1.85 bits per heavy atom. The van der Waals surface area contributed by atoms with E-state index in [1.54, 1.807) is 38.3 Å². The molecule has 0 saturated carbocycles. The number of nitrogens with one attached hydrogen (secondary N) is 2. The lowest BCUT2D eigenvalue weighted by atomic mass is 9.79. The molecule has 26 heavy (non-hydrogen) atoms. The van der Waals surface area contributed by atoms with Gasteiger partial charge < -0.3 is 15.4 Å². The van der Waals surface area contributed by atoms with Crippen molar-refractivity contribution in [2.75, 3.05) is 39.1 Å². The van der Waals surface area contributed by atoms with Gasteiger partial charge in [-0.3, -0.25) is 4.79 Å². The van der Waals surface area contributed by atoms with E-state index in [1.807, 2.05) is 0 Å². The Morgan fingerprint density at radius 1 is 1.23 bits per heavy atom. The van der Waals surface area contributed by atoms with Gasteiger partial charge in [-0.25, -0.2) is 8.42 Å². The van der Waals surface area contributed by atoms with Crippen molar-refractivity contribution in [3.63, 3.8) is 0 Å². The number of ether oxygens (including phenoxy) is 1. The average molecular weight is 405 g/mol. The second-order valence-electron chi connectivity index (χ2n) is 6.68. The highest BCUT2D eigenvalue weighted by Gasteiger charge is 2.32. The molecule has 1 aromatic carbocycles. The number of piperidine rings is 1. The minimum Gasteiger partial charge on any atom is -0.384 e. The maximum atomic E-state index is 12.3. The van der Waals surface area contributed by atoms with Crippen LogP contribution in [0.15, 0.2) is 29.2 Å². The molecule has 1 fully saturated rings. The molecule has 0 spiro atoms. The summed E-state index contributed by atoms with van der Waals surface area (Å²) in [4.78, 5) is 12.6. The fraction of sp³-hybridized carbons (Fsp3) is 0.611. The number of rotatable bonds is 8. The normalized spacial score (nSPS) is 16.5. The Hall–Kier alpha value is -1.15. The van der Waals surface area contributed by atoms with E-state index in [2.05, 4.69) is 10.6 Å². The minimum absolute atomic E-state index is 0. The van der Waals surface area contributed by atoms with Crippen molar-refractivity contribution in [1.82, 2.24) is 10.6 Å². The third kappa shape index (κ3) is 6.23. The van der Waals surface area contributed by atoms with Crippen LogP contribution in [-0.4, -0.2) is 53.4 Å². The molecule has 148 valence electrons. The Morgan fingerprint density at radius 3 is 2.38 bits per heavy atom. The Balaban J connectivity index is 0.00000338. The van der Waals surface area contributed by atoms with Gasteiger partial charge in [0.05, 0.1) is 23.7 Å². The molecule has 0 aromatic heterocycles. The van der Waals surface area contributed by atoms with Crippen LogP contribution in [0.25, 0.3) is 0 Å². The van der Waals surface area contributed by atoms with Gasteiger partial charge in [-0.15, -0.1) is 12.4 Å². The van der Waals surface area contributed by atoms with Gasteiger partial charge in [0.25, 0.3) is 0 Å². The summed E-state index contributed by atoms with van der Waals surface area (Å²) in [5.41, 5.74) is 0.799. The van der Waals surface area contributed by atoms with Crippen LogP contribution >= 0.6 is 12.4 Å². The van der Waals surface area contributed by atoms with Crippen molar-refractivity contribution in [2.24, 2.45) is 5.41 Å². The molecule has 8 heteroatoms. The Kier molecular flexibility index (Phi) is 9.03. The molecule has 0 radical (unpaired) electrons. The fourth-order valence-corrected chi connectivity index (χ4v) is 4.03. The predicted molar refractivity (Wildman–Crippen MR) is 105 cm³/mol. The summed E-state index contributed by atoms with van der Waals surface area (Å²) in [7, 11) is -1.51. The van der Waals surface area contributed by atoms with Crippen LogP contribution < -0.4 is 10.6 Å². The van der Waals surface area contributed by atoms with E-state index in [0.29, 0.717) is 18.0 Å². The topological polar surface area (TPSA) is 84.5 Å². The summed E-state index contributed by atoms with van der Waals surface area (Å²) in [6, 6.07) is 6.55. The van der Waals surface area contributed by atoms with Gasteiger partial charge in [0.1, 0.15) is 0 Å². The molecule has 0 bridgehead atoms. The highest BCUT2D eigenvalue weighted by molar-refractivity contribution is 7.91. The predicted octanol–water partition coefficient (Wildman–Crippen LogP) is 1.58. The van der Waals surface area contributed by atoms with Crippen LogP contribution in [0.1, 0.15) is 25.3 Å². The number of benzene rings is 1. The van der Waals surface area contributed by atoms with Crippen molar-refractivity contribution < 1.29 is 17.9 Å². The second kappa shape index (κ2) is 10.3. The molecular weight excluding hydrogens is 376 g/mol. The molecule has 1 aliphatic rings. The summed E-state index contributed by atoms with van der Waals surface area (Å²) in [5.74, 6) is 0.0172. The molecule has 0 aliphatic carbocycles. The molecule has 2 N–H and O–H groups in total. The van der Waals surface area contributed by atoms with Crippen molar-refractivity contribution in [3.05, 3.63) is 29.8 Å². The first-order chi connectivity index (χ1) is 11.9. The van der Waals surface area contributed by atoms with E-state index < -0.39 is 9.84 Å². The first-order valence-corrected chi connectivity index (χ1v) is 10.3. The Bertz CT molecular complexity index is 665. The van der Waals surface area contributed by atoms with Crippen LogP contribution in [0, 0.1) is 5.41 Å². The van der Waals surface area contributed by atoms with Gasteiger partial charge in [0.2, 0.25) is 5.91 Å². The molecule has 2 rings (SSSR count). The van der Waals surface area contributed by atoms with Crippen LogP contribution in [-0.2, 0) is 25.8 Å². The zero-order chi connectivity index (χ0) is 18.3. The molecule has 1 aliphatic heterocycles. The first-order valence-electron chi connectivity index (χ1n) is 8.69. The van der Waals surface area contributed by atoms with Gasteiger partial charge in [-0.2, -0.15) is 0 Å². The standard InChI is InChI=1S/C18H28N2O4S.ClH/c1-3-25(22,23)16-6-4-15(5-7-16)12-17(21)20-13-18(14-24-2)8-10-19-11-9-18;/h4-7,19H,3,8-14H2,1-2H3,(H,20,21);1H. The van der Waals surface area contributed by atoms with Gasteiger partial charge in [-0.1, -0.05) is 19.1 Å². The van der Waals surface area contributed by atoms with Crippen molar-refractivity contribution in [1.29, 1.82) is 0 Å². The third-order valence-corrected chi connectivity index (χ3v) is 6.55. The van der Waals surface area contributed by atoms with Gasteiger partial charge >= 0.3 is 0 Å². The molecule has 1 aromatic rings. The van der Waals surface area contributed by atoms with E-state index in [0.717, 1.165) is 31.5 Å². The smallest absolute Gasteiger partial charge is 0.224 e. The number of carbonyl (C=O) groups is 1. The summed E-state index contributed by atoms with van der Waals surface area (Å²) in [6.07, 6.45) is 2.20. The molecule has 1 amide bonds. The number of hydrogen-bond acceptors (Lipinski definition) is 5. The molecule has 0 unspecified atom stereocenters. The number of halogens is 1. The van der Waals surface area contributed by atoms with Crippen LogP contribution in [0.3, 0.4) is 0 Å².